The van der Waals surface area contributed by atoms with E-state index in [4.69, 9.17) is 12.6 Å². The average molecular weight is 430 g/mol. The molecule has 7 rings (SSSR count). The molecule has 2 heteroatoms. The van der Waals surface area contributed by atoms with Gasteiger partial charge in [-0.05, 0) is 64.9 Å². The van der Waals surface area contributed by atoms with Crippen molar-refractivity contribution in [3.05, 3.63) is 102 Å². The number of hydrogen-bond acceptors (Lipinski definition) is 2. The fraction of sp³-hybridized carbons (Fsp3) is 0.0645. The first-order valence-electron chi connectivity index (χ1n) is 13.8. The van der Waals surface area contributed by atoms with Crippen LogP contribution in [-0.2, 0) is 0 Å². The van der Waals surface area contributed by atoms with Gasteiger partial charge in [0.25, 0.3) is 0 Å². The van der Waals surface area contributed by atoms with E-state index in [9.17, 15) is 0 Å². The summed E-state index contributed by atoms with van der Waals surface area (Å²) in [5.74, 6) is 0. The van der Waals surface area contributed by atoms with Crippen LogP contribution in [0.4, 0.5) is 0 Å². The van der Waals surface area contributed by atoms with Gasteiger partial charge in [-0.3, -0.25) is 4.98 Å². The molecule has 5 aromatic carbocycles. The number of fused-ring (bicyclic) bond motifs is 10. The van der Waals surface area contributed by atoms with E-state index in [0.29, 0.717) is 27.5 Å². The lowest BCUT2D eigenvalue weighted by atomic mass is 9.92. The van der Waals surface area contributed by atoms with Crippen molar-refractivity contribution < 1.29 is 12.6 Å². The smallest absolute Gasteiger partial charge is 0.143 e. The molecular weight excluding hydrogens is 402 g/mol. The first kappa shape index (κ1) is 13.4. The van der Waals surface area contributed by atoms with Crippen LogP contribution in [0.1, 0.15) is 19.4 Å². The van der Waals surface area contributed by atoms with Gasteiger partial charge in [0, 0.05) is 41.4 Å². The number of rotatable bonds is 1. The zero-order valence-electron chi connectivity index (χ0n) is 23.5. The second-order valence-corrected chi connectivity index (χ2v) is 8.36. The lowest BCUT2D eigenvalue weighted by molar-refractivity contribution is 0.673. The van der Waals surface area contributed by atoms with Crippen LogP contribution in [0, 0.1) is 13.7 Å². The Bertz CT molecular complexity index is 2090. The summed E-state index contributed by atoms with van der Waals surface area (Å²) in [5, 5.41) is 4.99. The number of nitrogens with zero attached hydrogens (tertiary/aromatic N) is 1. The number of aromatic nitrogens is 1. The van der Waals surface area contributed by atoms with Crippen LogP contribution in [0.5, 0.6) is 0 Å². The molecule has 0 saturated carbocycles. The van der Waals surface area contributed by atoms with Gasteiger partial charge in [-0.1, -0.05) is 66.7 Å². The third kappa shape index (κ3) is 2.52. The molecule has 0 saturated heterocycles. The largest absolute Gasteiger partial charge is 0.455 e. The van der Waals surface area contributed by atoms with Gasteiger partial charge < -0.3 is 4.42 Å². The van der Waals surface area contributed by atoms with Crippen molar-refractivity contribution in [3.63, 3.8) is 0 Å². The molecule has 0 atom stereocenters. The van der Waals surface area contributed by atoms with Gasteiger partial charge in [-0.2, -0.15) is 0 Å². The minimum Gasteiger partial charge on any atom is -0.455 e. The molecule has 156 valence electrons. The Labute approximate surface area is 199 Å². The Balaban J connectivity index is 1.72. The fourth-order valence-corrected chi connectivity index (χ4v) is 5.01. The summed E-state index contributed by atoms with van der Waals surface area (Å²) in [7, 11) is 0. The molecule has 2 heterocycles. The quantitative estimate of drug-likeness (QED) is 0.244. The zero-order chi connectivity index (χ0) is 27.1. The van der Waals surface area contributed by atoms with Gasteiger partial charge in [0.05, 0.1) is 5.52 Å². The molecule has 33 heavy (non-hydrogen) atoms. The predicted molar refractivity (Wildman–Crippen MR) is 139 cm³/mol. The highest BCUT2D eigenvalue weighted by Gasteiger charge is 2.18. The third-order valence-corrected chi connectivity index (χ3v) is 6.55. The van der Waals surface area contributed by atoms with Crippen molar-refractivity contribution in [3.8, 4) is 11.1 Å². The lowest BCUT2D eigenvalue weighted by Gasteiger charge is -2.13. The fourth-order valence-electron chi connectivity index (χ4n) is 5.01. The molecule has 0 aliphatic heterocycles. The van der Waals surface area contributed by atoms with E-state index in [1.165, 1.54) is 6.20 Å². The van der Waals surface area contributed by atoms with Gasteiger partial charge in [-0.15, -0.1) is 0 Å². The molecule has 0 aliphatic carbocycles. The normalized spacial score (nSPS) is 15.4. The first-order valence-corrected chi connectivity index (χ1v) is 10.8. The molecular formula is C31H21NO. The summed E-state index contributed by atoms with van der Waals surface area (Å²) in [4.78, 5) is 4.56. The van der Waals surface area contributed by atoms with Crippen molar-refractivity contribution in [2.75, 3.05) is 0 Å². The average Bonchev–Trinajstić information content (AvgIpc) is 3.29. The van der Waals surface area contributed by atoms with E-state index in [2.05, 4.69) is 4.98 Å². The minimum absolute atomic E-state index is 0.207. The van der Waals surface area contributed by atoms with Gasteiger partial charge in [0.2, 0.25) is 0 Å². The highest BCUT2D eigenvalue weighted by molar-refractivity contribution is 6.32. The molecule has 0 radical (unpaired) electrons. The van der Waals surface area contributed by atoms with Crippen LogP contribution in [0.15, 0.2) is 95.5 Å². The number of furan rings is 1. The lowest BCUT2D eigenvalue weighted by Crippen LogP contribution is -1.92. The maximum Gasteiger partial charge on any atom is 0.143 e. The van der Waals surface area contributed by atoms with Gasteiger partial charge in [0.1, 0.15) is 11.2 Å². The van der Waals surface area contributed by atoms with E-state index in [1.807, 2.05) is 84.9 Å². The highest BCUT2D eigenvalue weighted by atomic mass is 16.3. The SMILES string of the molecule is [2H]C([2H])([2H])c1cnc2c3ccccc3c3ccc4c5ccc(-c6ccccc6)cc5oc4c3c2c1C([2H])([2H])[2H]. The maximum atomic E-state index is 8.42. The molecule has 0 unspecified atom stereocenters. The summed E-state index contributed by atoms with van der Waals surface area (Å²) in [6, 6.07) is 27.6. The standard InChI is InChI=1S/C31H21NO/c1-18-17-32-30-25-11-7-6-10-22(25)24-14-15-26-23-13-12-21(20-8-4-3-5-9-20)16-27(23)33-31(26)29(24)28(30)19(18)2/h3-17H,1-2H3/i1D3,2D3. The van der Waals surface area contributed by atoms with Crippen LogP contribution >= 0.6 is 0 Å². The number of aryl methyl sites for hydroxylation is 2. The zero-order valence-corrected chi connectivity index (χ0v) is 17.5. The molecule has 2 nitrogen and oxygen atoms in total. The third-order valence-electron chi connectivity index (χ3n) is 6.55. The van der Waals surface area contributed by atoms with E-state index < -0.39 is 13.7 Å². The molecule has 0 fully saturated rings. The molecule has 0 N–H and O–H groups in total. The number of hydrogen-bond donors (Lipinski definition) is 0. The molecule has 7 aromatic rings. The Morgan fingerprint density at radius 1 is 0.667 bits per heavy atom. The van der Waals surface area contributed by atoms with Crippen LogP contribution in [0.3, 0.4) is 0 Å². The summed E-state index contributed by atoms with van der Waals surface area (Å²) in [6.45, 7) is -5.36. The molecule has 2 aromatic heterocycles. The molecule has 0 bridgehead atoms. The Morgan fingerprint density at radius 2 is 1.45 bits per heavy atom. The molecule has 0 spiro atoms. The van der Waals surface area contributed by atoms with Gasteiger partial charge in [0.15, 0.2) is 0 Å². The Hall–Kier alpha value is -4.17. The van der Waals surface area contributed by atoms with Gasteiger partial charge >= 0.3 is 0 Å². The van der Waals surface area contributed by atoms with Crippen LogP contribution < -0.4 is 0 Å². The monoisotopic (exact) mass is 429 g/mol. The van der Waals surface area contributed by atoms with E-state index in [-0.39, 0.29) is 11.1 Å². The van der Waals surface area contributed by atoms with E-state index >= 15 is 0 Å². The van der Waals surface area contributed by atoms with Crippen molar-refractivity contribution >= 4 is 54.4 Å². The van der Waals surface area contributed by atoms with Crippen LogP contribution in [0.2, 0.25) is 0 Å². The van der Waals surface area contributed by atoms with Crippen molar-refractivity contribution in [1.29, 1.82) is 0 Å². The van der Waals surface area contributed by atoms with E-state index in [1.54, 1.807) is 0 Å². The number of pyridine rings is 1. The summed E-state index contributed by atoms with van der Waals surface area (Å²) < 4.78 is 56.1. The molecule has 0 aliphatic rings. The maximum absolute atomic E-state index is 8.42. The van der Waals surface area contributed by atoms with Crippen LogP contribution in [-0.4, -0.2) is 4.98 Å². The van der Waals surface area contributed by atoms with Gasteiger partial charge in [-0.25, -0.2) is 0 Å². The van der Waals surface area contributed by atoms with Crippen molar-refractivity contribution in [1.82, 2.24) is 4.98 Å². The minimum atomic E-state index is -2.70. The Morgan fingerprint density at radius 3 is 2.30 bits per heavy atom. The van der Waals surface area contributed by atoms with Crippen LogP contribution in [0.25, 0.3) is 65.5 Å². The second-order valence-electron chi connectivity index (χ2n) is 8.36. The van der Waals surface area contributed by atoms with Crippen molar-refractivity contribution in [2.45, 2.75) is 13.7 Å². The predicted octanol–water partition coefficient (Wildman–Crippen LogP) is 8.72. The topological polar surface area (TPSA) is 26.0 Å². The summed E-state index contributed by atoms with van der Waals surface area (Å²) in [6.07, 6.45) is 1.19. The Kier molecular flexibility index (Phi) is 2.70. The summed E-state index contributed by atoms with van der Waals surface area (Å²) in [5.41, 5.74) is 3.19. The second kappa shape index (κ2) is 6.66. The highest BCUT2D eigenvalue weighted by Crippen LogP contribution is 2.43. The summed E-state index contributed by atoms with van der Waals surface area (Å²) >= 11 is 0. The van der Waals surface area contributed by atoms with Crippen molar-refractivity contribution in [2.24, 2.45) is 0 Å². The number of benzene rings is 5. The first-order chi connectivity index (χ1) is 18.6. The van der Waals surface area contributed by atoms with E-state index in [0.717, 1.165) is 38.1 Å². The molecule has 0 amide bonds.